The molecule has 2 heteroatoms. The number of nitrogens with two attached hydrogens (primary N) is 1. The Bertz CT molecular complexity index is 532. The number of nitrogen functional groups attached to an aromatic ring is 1. The molecule has 0 aliphatic rings. The van der Waals surface area contributed by atoms with Crippen molar-refractivity contribution in [2.75, 3.05) is 5.73 Å². The lowest BCUT2D eigenvalue weighted by molar-refractivity contribution is 0.477. The van der Waals surface area contributed by atoms with Crippen LogP contribution in [-0.4, -0.2) is 5.11 Å². The van der Waals surface area contributed by atoms with Crippen LogP contribution in [0.15, 0.2) is 36.4 Å². The van der Waals surface area contributed by atoms with Crippen molar-refractivity contribution in [3.05, 3.63) is 47.5 Å². The Morgan fingerprint density at radius 2 is 1.69 bits per heavy atom. The average Bonchev–Trinajstić information content (AvgIpc) is 2.22. The molecule has 16 heavy (non-hydrogen) atoms. The van der Waals surface area contributed by atoms with Crippen LogP contribution in [0.1, 0.15) is 11.1 Å². The largest absolute Gasteiger partial charge is 0.507 e. The second-order valence-corrected chi connectivity index (χ2v) is 4.08. The summed E-state index contributed by atoms with van der Waals surface area (Å²) < 4.78 is 0. The zero-order chi connectivity index (χ0) is 11.7. The quantitative estimate of drug-likeness (QED) is 0.714. The molecular weight excluding hydrogens is 198 g/mol. The van der Waals surface area contributed by atoms with E-state index in [1.165, 1.54) is 11.1 Å². The molecular formula is C14H15NO. The molecule has 0 aliphatic carbocycles. The molecule has 82 valence electrons. The summed E-state index contributed by atoms with van der Waals surface area (Å²) >= 11 is 0. The van der Waals surface area contributed by atoms with Crippen molar-refractivity contribution in [3.63, 3.8) is 0 Å². The SMILES string of the molecule is Cc1ccc(-c2ccc(N)cc2O)cc1C. The number of hydrogen-bond acceptors (Lipinski definition) is 2. The van der Waals surface area contributed by atoms with E-state index in [0.717, 1.165) is 11.1 Å². The van der Waals surface area contributed by atoms with Crippen LogP contribution in [0, 0.1) is 13.8 Å². The van der Waals surface area contributed by atoms with Crippen LogP contribution >= 0.6 is 0 Å². The van der Waals surface area contributed by atoms with E-state index in [-0.39, 0.29) is 5.75 Å². The van der Waals surface area contributed by atoms with E-state index in [4.69, 9.17) is 5.73 Å². The maximum absolute atomic E-state index is 9.82. The highest BCUT2D eigenvalue weighted by Gasteiger charge is 2.05. The molecule has 2 nitrogen and oxygen atoms in total. The van der Waals surface area contributed by atoms with E-state index in [2.05, 4.69) is 26.0 Å². The molecule has 0 bridgehead atoms. The molecule has 0 saturated carbocycles. The van der Waals surface area contributed by atoms with Crippen molar-refractivity contribution >= 4 is 5.69 Å². The summed E-state index contributed by atoms with van der Waals surface area (Å²) in [6, 6.07) is 11.3. The smallest absolute Gasteiger partial charge is 0.125 e. The molecule has 0 aliphatic heterocycles. The van der Waals surface area contributed by atoms with Gasteiger partial charge in [-0.05, 0) is 42.7 Å². The third kappa shape index (κ3) is 1.87. The Balaban J connectivity index is 2.54. The first kappa shape index (κ1) is 10.6. The number of aromatic hydroxyl groups is 1. The van der Waals surface area contributed by atoms with Gasteiger partial charge in [0.15, 0.2) is 0 Å². The van der Waals surface area contributed by atoms with Gasteiger partial charge in [0.2, 0.25) is 0 Å². The summed E-state index contributed by atoms with van der Waals surface area (Å²) in [5.74, 6) is 0.225. The highest BCUT2D eigenvalue weighted by Crippen LogP contribution is 2.31. The van der Waals surface area contributed by atoms with Crippen molar-refractivity contribution in [1.82, 2.24) is 0 Å². The molecule has 2 aromatic rings. The minimum absolute atomic E-state index is 0.225. The van der Waals surface area contributed by atoms with Crippen LogP contribution in [0.5, 0.6) is 5.75 Å². The molecule has 2 aromatic carbocycles. The van der Waals surface area contributed by atoms with E-state index in [1.54, 1.807) is 12.1 Å². The molecule has 0 aromatic heterocycles. The fourth-order valence-electron chi connectivity index (χ4n) is 1.70. The van der Waals surface area contributed by atoms with Crippen molar-refractivity contribution in [2.45, 2.75) is 13.8 Å². The first-order valence-corrected chi connectivity index (χ1v) is 5.24. The number of anilines is 1. The molecule has 0 radical (unpaired) electrons. The topological polar surface area (TPSA) is 46.2 Å². The van der Waals surface area contributed by atoms with E-state index in [9.17, 15) is 5.11 Å². The molecule has 0 amide bonds. The maximum atomic E-state index is 9.82. The summed E-state index contributed by atoms with van der Waals surface area (Å²) in [5, 5.41) is 9.82. The van der Waals surface area contributed by atoms with E-state index in [0.29, 0.717) is 5.69 Å². The highest BCUT2D eigenvalue weighted by atomic mass is 16.3. The van der Waals surface area contributed by atoms with Crippen molar-refractivity contribution in [3.8, 4) is 16.9 Å². The van der Waals surface area contributed by atoms with Crippen molar-refractivity contribution in [2.24, 2.45) is 0 Å². The lowest BCUT2D eigenvalue weighted by Crippen LogP contribution is -1.87. The fraction of sp³-hybridized carbons (Fsp3) is 0.143. The Kier molecular flexibility index (Phi) is 2.57. The number of aryl methyl sites for hydroxylation is 2. The van der Waals surface area contributed by atoms with Gasteiger partial charge in [-0.25, -0.2) is 0 Å². The summed E-state index contributed by atoms with van der Waals surface area (Å²) in [4.78, 5) is 0. The van der Waals surface area contributed by atoms with Crippen LogP contribution in [0.4, 0.5) is 5.69 Å². The van der Waals surface area contributed by atoms with E-state index in [1.807, 2.05) is 12.1 Å². The monoisotopic (exact) mass is 213 g/mol. The maximum Gasteiger partial charge on any atom is 0.125 e. The van der Waals surface area contributed by atoms with Crippen LogP contribution in [-0.2, 0) is 0 Å². The molecule has 0 atom stereocenters. The van der Waals surface area contributed by atoms with Crippen LogP contribution in [0.25, 0.3) is 11.1 Å². The lowest BCUT2D eigenvalue weighted by atomic mass is 9.99. The number of hydrogen-bond donors (Lipinski definition) is 2. The van der Waals surface area contributed by atoms with Crippen LogP contribution < -0.4 is 5.73 Å². The van der Waals surface area contributed by atoms with Gasteiger partial charge in [0.25, 0.3) is 0 Å². The predicted octanol–water partition coefficient (Wildman–Crippen LogP) is 3.26. The summed E-state index contributed by atoms with van der Waals surface area (Å²) in [5.41, 5.74) is 10.5. The number of rotatable bonds is 1. The average molecular weight is 213 g/mol. The second-order valence-electron chi connectivity index (χ2n) is 4.08. The number of benzene rings is 2. The summed E-state index contributed by atoms with van der Waals surface area (Å²) in [7, 11) is 0. The van der Waals surface area contributed by atoms with Gasteiger partial charge in [0, 0.05) is 17.3 Å². The summed E-state index contributed by atoms with van der Waals surface area (Å²) in [6.45, 7) is 4.13. The highest BCUT2D eigenvalue weighted by molar-refractivity contribution is 5.73. The van der Waals surface area contributed by atoms with Gasteiger partial charge in [-0.15, -0.1) is 0 Å². The first-order valence-electron chi connectivity index (χ1n) is 5.24. The molecule has 0 unspecified atom stereocenters. The lowest BCUT2D eigenvalue weighted by Gasteiger charge is -2.08. The molecule has 2 rings (SSSR count). The first-order chi connectivity index (χ1) is 7.58. The third-order valence-corrected chi connectivity index (χ3v) is 2.84. The minimum Gasteiger partial charge on any atom is -0.507 e. The van der Waals surface area contributed by atoms with Gasteiger partial charge < -0.3 is 10.8 Å². The predicted molar refractivity (Wildman–Crippen MR) is 67.4 cm³/mol. The molecule has 3 N–H and O–H groups in total. The Labute approximate surface area is 95.4 Å². The van der Waals surface area contributed by atoms with Gasteiger partial charge in [-0.3, -0.25) is 0 Å². The Hall–Kier alpha value is -1.96. The van der Waals surface area contributed by atoms with Crippen LogP contribution in [0.3, 0.4) is 0 Å². The van der Waals surface area contributed by atoms with Crippen molar-refractivity contribution in [1.29, 1.82) is 0 Å². The minimum atomic E-state index is 0.225. The molecule has 0 heterocycles. The van der Waals surface area contributed by atoms with Crippen molar-refractivity contribution < 1.29 is 5.11 Å². The fourth-order valence-corrected chi connectivity index (χ4v) is 1.70. The van der Waals surface area contributed by atoms with Gasteiger partial charge in [-0.2, -0.15) is 0 Å². The van der Waals surface area contributed by atoms with Gasteiger partial charge in [-0.1, -0.05) is 18.2 Å². The van der Waals surface area contributed by atoms with Gasteiger partial charge in [0.05, 0.1) is 0 Å². The Morgan fingerprint density at radius 1 is 0.938 bits per heavy atom. The Morgan fingerprint density at radius 3 is 2.31 bits per heavy atom. The standard InChI is InChI=1S/C14H15NO/c1-9-3-4-11(7-10(9)2)13-6-5-12(15)8-14(13)16/h3-8,16H,15H2,1-2H3. The van der Waals surface area contributed by atoms with Gasteiger partial charge in [0.1, 0.15) is 5.75 Å². The van der Waals surface area contributed by atoms with Crippen LogP contribution in [0.2, 0.25) is 0 Å². The third-order valence-electron chi connectivity index (χ3n) is 2.84. The molecule has 0 fully saturated rings. The van der Waals surface area contributed by atoms with Gasteiger partial charge >= 0.3 is 0 Å². The summed E-state index contributed by atoms with van der Waals surface area (Å²) in [6.07, 6.45) is 0. The van der Waals surface area contributed by atoms with E-state index < -0.39 is 0 Å². The second kappa shape index (κ2) is 3.89. The zero-order valence-electron chi connectivity index (χ0n) is 9.49. The van der Waals surface area contributed by atoms with E-state index >= 15 is 0 Å². The molecule has 0 spiro atoms. The zero-order valence-corrected chi connectivity index (χ0v) is 9.49. The molecule has 0 saturated heterocycles. The normalized spacial score (nSPS) is 10.4. The number of phenolic OH excluding ortho intramolecular Hbond substituents is 1. The number of phenols is 1.